The van der Waals surface area contributed by atoms with E-state index in [1.807, 2.05) is 12.3 Å². The lowest BCUT2D eigenvalue weighted by atomic mass is 10.2. The van der Waals surface area contributed by atoms with E-state index in [4.69, 9.17) is 0 Å². The highest BCUT2D eigenvalue weighted by atomic mass is 32.1. The molecule has 5 heteroatoms. The Morgan fingerprint density at radius 2 is 2.00 bits per heavy atom. The van der Waals surface area contributed by atoms with Crippen molar-refractivity contribution in [3.63, 3.8) is 0 Å². The standard InChI is InChI=1S/C10H7F3OS/c1-6-5-15-9-4-7(2-3-8(6)9)14-10(11,12)13/h2-5H,1H3. The molecule has 0 aliphatic rings. The van der Waals surface area contributed by atoms with E-state index < -0.39 is 6.36 Å². The highest BCUT2D eigenvalue weighted by Gasteiger charge is 2.31. The third-order valence-electron chi connectivity index (χ3n) is 1.97. The lowest BCUT2D eigenvalue weighted by Crippen LogP contribution is -2.16. The molecule has 0 bridgehead atoms. The summed E-state index contributed by atoms with van der Waals surface area (Å²) in [5.41, 5.74) is 1.06. The summed E-state index contributed by atoms with van der Waals surface area (Å²) < 4.78 is 40.4. The van der Waals surface area contributed by atoms with Crippen LogP contribution < -0.4 is 4.74 Å². The fourth-order valence-electron chi connectivity index (χ4n) is 1.34. The number of hydrogen-bond donors (Lipinski definition) is 0. The van der Waals surface area contributed by atoms with Gasteiger partial charge in [0.25, 0.3) is 0 Å². The second kappa shape index (κ2) is 3.41. The van der Waals surface area contributed by atoms with Gasteiger partial charge in [-0.1, -0.05) is 0 Å². The second-order valence-corrected chi connectivity index (χ2v) is 4.04. The van der Waals surface area contributed by atoms with Crippen molar-refractivity contribution in [3.8, 4) is 5.75 Å². The van der Waals surface area contributed by atoms with Gasteiger partial charge in [0.2, 0.25) is 0 Å². The minimum absolute atomic E-state index is 0.170. The SMILES string of the molecule is Cc1csc2cc(OC(F)(F)F)ccc12. The van der Waals surface area contributed by atoms with E-state index in [2.05, 4.69) is 4.74 Å². The molecular weight excluding hydrogens is 225 g/mol. The molecule has 0 unspecified atom stereocenters. The van der Waals surface area contributed by atoms with Crippen LogP contribution in [0.1, 0.15) is 5.56 Å². The molecule has 1 nitrogen and oxygen atoms in total. The van der Waals surface area contributed by atoms with E-state index in [9.17, 15) is 13.2 Å². The Morgan fingerprint density at radius 3 is 2.67 bits per heavy atom. The Balaban J connectivity index is 2.39. The number of aryl methyl sites for hydroxylation is 1. The normalized spacial score (nSPS) is 12.0. The molecule has 0 amide bonds. The maximum absolute atomic E-state index is 11.9. The maximum Gasteiger partial charge on any atom is 0.573 e. The molecule has 0 aliphatic carbocycles. The van der Waals surface area contributed by atoms with Crippen LogP contribution in [0.3, 0.4) is 0 Å². The molecule has 0 fully saturated rings. The van der Waals surface area contributed by atoms with E-state index in [1.165, 1.54) is 23.5 Å². The summed E-state index contributed by atoms with van der Waals surface area (Å²) in [6, 6.07) is 4.37. The van der Waals surface area contributed by atoms with Gasteiger partial charge in [0, 0.05) is 4.70 Å². The number of halogens is 3. The quantitative estimate of drug-likeness (QED) is 0.719. The summed E-state index contributed by atoms with van der Waals surface area (Å²) >= 11 is 1.41. The van der Waals surface area contributed by atoms with Crippen LogP contribution in [-0.4, -0.2) is 6.36 Å². The number of benzene rings is 1. The number of fused-ring (bicyclic) bond motifs is 1. The summed E-state index contributed by atoms with van der Waals surface area (Å²) in [6.45, 7) is 1.92. The molecule has 1 aromatic heterocycles. The van der Waals surface area contributed by atoms with Gasteiger partial charge in [-0.25, -0.2) is 0 Å². The van der Waals surface area contributed by atoms with Crippen LogP contribution in [0.4, 0.5) is 13.2 Å². The van der Waals surface area contributed by atoms with E-state index in [0.29, 0.717) is 0 Å². The van der Waals surface area contributed by atoms with Crippen molar-refractivity contribution in [1.82, 2.24) is 0 Å². The zero-order chi connectivity index (χ0) is 11.1. The first kappa shape index (κ1) is 10.3. The molecule has 0 spiro atoms. The zero-order valence-corrected chi connectivity index (χ0v) is 8.58. The van der Waals surface area contributed by atoms with Crippen molar-refractivity contribution in [3.05, 3.63) is 29.1 Å². The predicted molar refractivity (Wildman–Crippen MR) is 53.2 cm³/mol. The molecule has 0 saturated carbocycles. The minimum atomic E-state index is -4.63. The first-order chi connectivity index (χ1) is 6.96. The van der Waals surface area contributed by atoms with Crippen LogP contribution >= 0.6 is 11.3 Å². The monoisotopic (exact) mass is 232 g/mol. The summed E-state index contributed by atoms with van der Waals surface area (Å²) in [5, 5.41) is 2.87. The Labute approximate surface area is 88.1 Å². The third kappa shape index (κ3) is 2.23. The van der Waals surface area contributed by atoms with Gasteiger partial charge in [-0.15, -0.1) is 24.5 Å². The van der Waals surface area contributed by atoms with Crippen molar-refractivity contribution in [2.75, 3.05) is 0 Å². The number of thiophene rings is 1. The smallest absolute Gasteiger partial charge is 0.406 e. The fourth-order valence-corrected chi connectivity index (χ4v) is 2.31. The lowest BCUT2D eigenvalue weighted by molar-refractivity contribution is -0.274. The van der Waals surface area contributed by atoms with Gasteiger partial charge >= 0.3 is 6.36 Å². The molecule has 2 rings (SSSR count). The van der Waals surface area contributed by atoms with Crippen molar-refractivity contribution >= 4 is 21.4 Å². The molecule has 80 valence electrons. The molecule has 0 aliphatic heterocycles. The average Bonchev–Trinajstić information content (AvgIpc) is 2.45. The van der Waals surface area contributed by atoms with E-state index in [1.54, 1.807) is 6.07 Å². The molecule has 0 atom stereocenters. The average molecular weight is 232 g/mol. The predicted octanol–water partition coefficient (Wildman–Crippen LogP) is 4.11. The summed E-state index contributed by atoms with van der Waals surface area (Å²) in [5.74, 6) is -0.170. The first-order valence-corrected chi connectivity index (χ1v) is 5.07. The minimum Gasteiger partial charge on any atom is -0.406 e. The third-order valence-corrected chi connectivity index (χ3v) is 3.04. The first-order valence-electron chi connectivity index (χ1n) is 4.19. The molecule has 0 N–H and O–H groups in total. The van der Waals surface area contributed by atoms with Crippen LogP contribution in [0.5, 0.6) is 5.75 Å². The van der Waals surface area contributed by atoms with E-state index >= 15 is 0 Å². The molecule has 0 saturated heterocycles. The number of ether oxygens (including phenoxy) is 1. The summed E-state index contributed by atoms with van der Waals surface area (Å²) in [6.07, 6.45) is -4.63. The Kier molecular flexibility index (Phi) is 2.34. The number of hydrogen-bond acceptors (Lipinski definition) is 2. The van der Waals surface area contributed by atoms with Crippen LogP contribution in [0.2, 0.25) is 0 Å². The van der Waals surface area contributed by atoms with Gasteiger partial charge in [0.15, 0.2) is 0 Å². The zero-order valence-electron chi connectivity index (χ0n) is 7.76. The number of rotatable bonds is 1. The van der Waals surface area contributed by atoms with Gasteiger partial charge in [-0.3, -0.25) is 0 Å². The van der Waals surface area contributed by atoms with E-state index in [0.717, 1.165) is 15.6 Å². The van der Waals surface area contributed by atoms with Crippen LogP contribution in [0.15, 0.2) is 23.6 Å². The molecular formula is C10H7F3OS. The van der Waals surface area contributed by atoms with E-state index in [-0.39, 0.29) is 5.75 Å². The van der Waals surface area contributed by atoms with Gasteiger partial charge in [-0.05, 0) is 41.5 Å². The largest absolute Gasteiger partial charge is 0.573 e. The molecule has 2 aromatic rings. The Morgan fingerprint density at radius 1 is 1.27 bits per heavy atom. The highest BCUT2D eigenvalue weighted by molar-refractivity contribution is 7.17. The fraction of sp³-hybridized carbons (Fsp3) is 0.200. The lowest BCUT2D eigenvalue weighted by Gasteiger charge is -2.08. The van der Waals surface area contributed by atoms with Crippen LogP contribution in [0, 0.1) is 6.92 Å². The number of alkyl halides is 3. The summed E-state index contributed by atoms with van der Waals surface area (Å²) in [4.78, 5) is 0. The van der Waals surface area contributed by atoms with Crippen LogP contribution in [-0.2, 0) is 0 Å². The summed E-state index contributed by atoms with van der Waals surface area (Å²) in [7, 11) is 0. The Hall–Kier alpha value is -1.23. The topological polar surface area (TPSA) is 9.23 Å². The van der Waals surface area contributed by atoms with Gasteiger partial charge in [-0.2, -0.15) is 0 Å². The maximum atomic E-state index is 11.9. The molecule has 1 aromatic carbocycles. The van der Waals surface area contributed by atoms with Crippen molar-refractivity contribution in [2.45, 2.75) is 13.3 Å². The van der Waals surface area contributed by atoms with Gasteiger partial charge in [0.05, 0.1) is 0 Å². The Bertz CT molecular complexity index is 487. The molecule has 0 radical (unpaired) electrons. The molecule has 1 heterocycles. The van der Waals surface area contributed by atoms with Gasteiger partial charge < -0.3 is 4.74 Å². The second-order valence-electron chi connectivity index (χ2n) is 3.12. The van der Waals surface area contributed by atoms with Gasteiger partial charge in [0.1, 0.15) is 5.75 Å². The van der Waals surface area contributed by atoms with Crippen LogP contribution in [0.25, 0.3) is 10.1 Å². The highest BCUT2D eigenvalue weighted by Crippen LogP contribution is 2.31. The van der Waals surface area contributed by atoms with Crippen molar-refractivity contribution in [1.29, 1.82) is 0 Å². The van der Waals surface area contributed by atoms with Crippen molar-refractivity contribution < 1.29 is 17.9 Å². The van der Waals surface area contributed by atoms with Crippen molar-refractivity contribution in [2.24, 2.45) is 0 Å². The molecule has 15 heavy (non-hydrogen) atoms.